The Morgan fingerprint density at radius 2 is 1.94 bits per heavy atom. The van der Waals surface area contributed by atoms with E-state index >= 15 is 0 Å². The topological polar surface area (TPSA) is 37.8 Å². The van der Waals surface area contributed by atoms with Gasteiger partial charge in [-0.3, -0.25) is 0 Å². The molecular weight excluding hydrogens is 325 g/mol. The Hall–Kier alpha value is -0.840. The molecule has 0 bridgehead atoms. The Kier molecular flexibility index (Phi) is 3.86. The van der Waals surface area contributed by atoms with Gasteiger partial charge in [-0.1, -0.05) is 11.6 Å². The van der Waals surface area contributed by atoms with Gasteiger partial charge in [0.2, 0.25) is 5.28 Å². The molecule has 0 fully saturated rings. The summed E-state index contributed by atoms with van der Waals surface area (Å²) in [7, 11) is 0. The molecule has 2 rings (SSSR count). The van der Waals surface area contributed by atoms with Crippen LogP contribution in [-0.2, 0) is 0 Å². The third-order valence-corrected chi connectivity index (χ3v) is 3.08. The minimum atomic E-state index is 0.220. The van der Waals surface area contributed by atoms with Crippen LogP contribution in [0, 0.1) is 6.92 Å². The molecule has 2 aromatic rings. The van der Waals surface area contributed by atoms with Crippen molar-refractivity contribution < 1.29 is 0 Å². The highest BCUT2D eigenvalue weighted by molar-refractivity contribution is 9.10. The molecular formula is C11H8BrCl2N3. The average Bonchev–Trinajstić information content (AvgIpc) is 2.21. The van der Waals surface area contributed by atoms with Crippen molar-refractivity contribution in [1.29, 1.82) is 0 Å². The van der Waals surface area contributed by atoms with E-state index in [1.807, 2.05) is 19.1 Å². The van der Waals surface area contributed by atoms with E-state index < -0.39 is 0 Å². The summed E-state index contributed by atoms with van der Waals surface area (Å²) in [6, 6.07) is 7.27. The maximum Gasteiger partial charge on any atom is 0.224 e. The second-order valence-corrected chi connectivity index (χ2v) is 5.04. The standard InChI is InChI=1S/C11H8BrCl2N3/c1-6-4-10(17-11(14)15-6)16-9-3-2-7(13)5-8(9)12/h2-5H,1H3,(H,15,16,17). The normalized spacial score (nSPS) is 10.4. The Morgan fingerprint density at radius 3 is 2.59 bits per heavy atom. The Bertz CT molecular complexity index is 540. The molecule has 6 heteroatoms. The predicted octanol–water partition coefficient (Wildman–Crippen LogP) is 4.60. The van der Waals surface area contributed by atoms with E-state index in [-0.39, 0.29) is 5.28 Å². The highest BCUT2D eigenvalue weighted by atomic mass is 79.9. The number of rotatable bonds is 2. The van der Waals surface area contributed by atoms with E-state index in [9.17, 15) is 0 Å². The highest BCUT2D eigenvalue weighted by Gasteiger charge is 2.04. The number of hydrogen-bond acceptors (Lipinski definition) is 3. The summed E-state index contributed by atoms with van der Waals surface area (Å²) in [5, 5.41) is 4.03. The predicted molar refractivity (Wildman–Crippen MR) is 74.2 cm³/mol. The summed E-state index contributed by atoms with van der Waals surface area (Å²) in [5.41, 5.74) is 1.67. The number of nitrogens with one attached hydrogen (secondary N) is 1. The Balaban J connectivity index is 2.31. The molecule has 88 valence electrons. The molecule has 0 atom stereocenters. The SMILES string of the molecule is Cc1cc(Nc2ccc(Cl)cc2Br)nc(Cl)n1. The number of anilines is 2. The van der Waals surface area contributed by atoms with E-state index in [4.69, 9.17) is 23.2 Å². The molecule has 0 spiro atoms. The molecule has 0 amide bonds. The summed E-state index contributed by atoms with van der Waals surface area (Å²) in [4.78, 5) is 8.08. The Morgan fingerprint density at radius 1 is 1.18 bits per heavy atom. The largest absolute Gasteiger partial charge is 0.339 e. The van der Waals surface area contributed by atoms with Gasteiger partial charge < -0.3 is 5.32 Å². The maximum absolute atomic E-state index is 5.87. The van der Waals surface area contributed by atoms with Gasteiger partial charge in [-0.25, -0.2) is 9.97 Å². The van der Waals surface area contributed by atoms with Crippen LogP contribution in [0.5, 0.6) is 0 Å². The second-order valence-electron chi connectivity index (χ2n) is 3.41. The summed E-state index contributed by atoms with van der Waals surface area (Å²) < 4.78 is 0.859. The van der Waals surface area contributed by atoms with Crippen molar-refractivity contribution in [2.24, 2.45) is 0 Å². The van der Waals surface area contributed by atoms with Gasteiger partial charge in [0.1, 0.15) is 5.82 Å². The average molecular weight is 333 g/mol. The lowest BCUT2D eigenvalue weighted by Crippen LogP contribution is -1.97. The molecule has 17 heavy (non-hydrogen) atoms. The number of nitrogens with zero attached hydrogens (tertiary/aromatic N) is 2. The minimum Gasteiger partial charge on any atom is -0.339 e. The minimum absolute atomic E-state index is 0.220. The lowest BCUT2D eigenvalue weighted by atomic mass is 10.3. The first-order valence-corrected chi connectivity index (χ1v) is 6.33. The van der Waals surface area contributed by atoms with E-state index in [2.05, 4.69) is 31.2 Å². The van der Waals surface area contributed by atoms with Crippen molar-refractivity contribution in [2.75, 3.05) is 5.32 Å². The van der Waals surface area contributed by atoms with Gasteiger partial charge in [0.15, 0.2) is 0 Å². The van der Waals surface area contributed by atoms with Crippen LogP contribution in [0.15, 0.2) is 28.7 Å². The van der Waals surface area contributed by atoms with Gasteiger partial charge in [-0.2, -0.15) is 0 Å². The summed E-state index contributed by atoms with van der Waals surface area (Å²) in [6.45, 7) is 1.86. The number of halogens is 3. The lowest BCUT2D eigenvalue weighted by molar-refractivity contribution is 1.10. The van der Waals surface area contributed by atoms with Crippen molar-refractivity contribution in [3.8, 4) is 0 Å². The third-order valence-electron chi connectivity index (χ3n) is 2.02. The van der Waals surface area contributed by atoms with Crippen LogP contribution in [0.1, 0.15) is 5.69 Å². The zero-order chi connectivity index (χ0) is 12.4. The molecule has 0 aliphatic heterocycles. The quantitative estimate of drug-likeness (QED) is 0.817. The van der Waals surface area contributed by atoms with Crippen LogP contribution in [0.4, 0.5) is 11.5 Å². The number of benzene rings is 1. The fourth-order valence-electron chi connectivity index (χ4n) is 1.33. The molecule has 1 aromatic carbocycles. The van der Waals surface area contributed by atoms with Crippen LogP contribution in [0.25, 0.3) is 0 Å². The maximum atomic E-state index is 5.87. The van der Waals surface area contributed by atoms with Crippen LogP contribution in [0.3, 0.4) is 0 Å². The summed E-state index contributed by atoms with van der Waals surface area (Å²) in [6.07, 6.45) is 0. The molecule has 3 nitrogen and oxygen atoms in total. The van der Waals surface area contributed by atoms with Crippen LogP contribution < -0.4 is 5.32 Å². The van der Waals surface area contributed by atoms with Crippen molar-refractivity contribution in [2.45, 2.75) is 6.92 Å². The summed E-state index contributed by atoms with van der Waals surface area (Å²) >= 11 is 15.1. The molecule has 1 heterocycles. The van der Waals surface area contributed by atoms with Crippen LogP contribution >= 0.6 is 39.1 Å². The third kappa shape index (κ3) is 3.31. The van der Waals surface area contributed by atoms with Crippen molar-refractivity contribution in [3.63, 3.8) is 0 Å². The van der Waals surface area contributed by atoms with Crippen molar-refractivity contribution in [3.05, 3.63) is 44.7 Å². The van der Waals surface area contributed by atoms with Gasteiger partial charge in [0.05, 0.1) is 5.69 Å². The van der Waals surface area contributed by atoms with Gasteiger partial charge in [0, 0.05) is 21.3 Å². The molecule has 0 radical (unpaired) electrons. The van der Waals surface area contributed by atoms with Gasteiger partial charge >= 0.3 is 0 Å². The zero-order valence-corrected chi connectivity index (χ0v) is 11.9. The number of hydrogen-bond donors (Lipinski definition) is 1. The second kappa shape index (κ2) is 5.21. The lowest BCUT2D eigenvalue weighted by Gasteiger charge is -2.08. The first-order chi connectivity index (χ1) is 8.04. The summed E-state index contributed by atoms with van der Waals surface area (Å²) in [5.74, 6) is 0.644. The first-order valence-electron chi connectivity index (χ1n) is 4.78. The van der Waals surface area contributed by atoms with Crippen molar-refractivity contribution in [1.82, 2.24) is 9.97 Å². The molecule has 1 aromatic heterocycles. The molecule has 0 saturated carbocycles. The Labute approximate surface area is 117 Å². The monoisotopic (exact) mass is 331 g/mol. The molecule has 0 aliphatic carbocycles. The molecule has 1 N–H and O–H groups in total. The van der Waals surface area contributed by atoms with E-state index in [1.54, 1.807) is 12.1 Å². The van der Waals surface area contributed by atoms with Crippen molar-refractivity contribution >= 4 is 50.6 Å². The van der Waals surface area contributed by atoms with Crippen LogP contribution in [0.2, 0.25) is 10.3 Å². The van der Waals surface area contributed by atoms with Crippen LogP contribution in [-0.4, -0.2) is 9.97 Å². The molecule has 0 aliphatic rings. The van der Waals surface area contributed by atoms with E-state index in [1.165, 1.54) is 0 Å². The van der Waals surface area contributed by atoms with Gasteiger partial charge in [-0.05, 0) is 52.7 Å². The zero-order valence-electron chi connectivity index (χ0n) is 8.84. The first kappa shape index (κ1) is 12.6. The van der Waals surface area contributed by atoms with E-state index in [0.717, 1.165) is 15.9 Å². The highest BCUT2D eigenvalue weighted by Crippen LogP contribution is 2.28. The fourth-order valence-corrected chi connectivity index (χ4v) is 2.33. The molecule has 0 saturated heterocycles. The number of aryl methyl sites for hydroxylation is 1. The molecule has 0 unspecified atom stereocenters. The van der Waals surface area contributed by atoms with E-state index in [0.29, 0.717) is 10.8 Å². The smallest absolute Gasteiger partial charge is 0.224 e. The van der Waals surface area contributed by atoms with Gasteiger partial charge in [0.25, 0.3) is 0 Å². The number of aromatic nitrogens is 2. The van der Waals surface area contributed by atoms with Gasteiger partial charge in [-0.15, -0.1) is 0 Å². The fraction of sp³-hybridized carbons (Fsp3) is 0.0909.